The maximum Gasteiger partial charge on any atom is 0.350 e. The van der Waals surface area contributed by atoms with E-state index in [1.807, 2.05) is 6.07 Å². The third kappa shape index (κ3) is 3.73. The number of hydrogen-bond donors (Lipinski definition) is 0. The highest BCUT2D eigenvalue weighted by Gasteiger charge is 2.19. The van der Waals surface area contributed by atoms with Gasteiger partial charge in [0, 0.05) is 16.5 Å². The minimum Gasteiger partial charge on any atom is -0.462 e. The summed E-state index contributed by atoms with van der Waals surface area (Å²) in [7, 11) is 0. The van der Waals surface area contributed by atoms with Gasteiger partial charge in [0.15, 0.2) is 3.92 Å². The highest BCUT2D eigenvalue weighted by atomic mass is 79.9. The van der Waals surface area contributed by atoms with E-state index in [0.29, 0.717) is 37.6 Å². The zero-order chi connectivity index (χ0) is 14.7. The number of ether oxygens (including phenoxy) is 1. The van der Waals surface area contributed by atoms with E-state index in [4.69, 9.17) is 27.9 Å². The van der Waals surface area contributed by atoms with Gasteiger partial charge in [-0.2, -0.15) is 0 Å². The first-order valence-electron chi connectivity index (χ1n) is 5.77. The van der Waals surface area contributed by atoms with Gasteiger partial charge in [-0.25, -0.2) is 9.78 Å². The number of esters is 1. The number of hydrogen-bond acceptors (Lipinski definition) is 4. The van der Waals surface area contributed by atoms with E-state index < -0.39 is 0 Å². The van der Waals surface area contributed by atoms with Crippen LogP contribution >= 0.6 is 50.5 Å². The predicted octanol–water partition coefficient (Wildman–Crippen LogP) is 4.98. The van der Waals surface area contributed by atoms with Crippen LogP contribution in [0.5, 0.6) is 0 Å². The first-order chi connectivity index (χ1) is 9.51. The van der Waals surface area contributed by atoms with Crippen LogP contribution in [-0.4, -0.2) is 17.6 Å². The van der Waals surface area contributed by atoms with Crippen molar-refractivity contribution in [2.45, 2.75) is 13.3 Å². The van der Waals surface area contributed by atoms with Gasteiger partial charge >= 0.3 is 5.97 Å². The summed E-state index contributed by atoms with van der Waals surface area (Å²) in [6.07, 6.45) is 0.451. The summed E-state index contributed by atoms with van der Waals surface area (Å²) in [6.45, 7) is 2.10. The number of carbonyl (C=O) groups excluding carboxylic acids is 1. The van der Waals surface area contributed by atoms with Crippen LogP contribution in [0.15, 0.2) is 22.1 Å². The summed E-state index contributed by atoms with van der Waals surface area (Å²) in [5, 5.41) is 1.13. The summed E-state index contributed by atoms with van der Waals surface area (Å²) in [4.78, 5) is 16.7. The Morgan fingerprint density at radius 2 is 2.20 bits per heavy atom. The molecule has 0 N–H and O–H groups in total. The maximum atomic E-state index is 11.9. The minimum absolute atomic E-state index is 0.329. The van der Waals surface area contributed by atoms with E-state index in [2.05, 4.69) is 20.9 Å². The summed E-state index contributed by atoms with van der Waals surface area (Å²) in [5.41, 5.74) is 1.50. The molecule has 2 aromatic rings. The lowest BCUT2D eigenvalue weighted by atomic mass is 10.1. The molecular weight excluding hydrogens is 385 g/mol. The Labute approximate surface area is 139 Å². The number of aromatic nitrogens is 1. The second kappa shape index (κ2) is 6.89. The molecule has 106 valence electrons. The molecule has 0 bridgehead atoms. The van der Waals surface area contributed by atoms with E-state index in [1.165, 1.54) is 11.3 Å². The molecular formula is C13H10BrCl2NO2S. The first kappa shape index (κ1) is 15.8. The van der Waals surface area contributed by atoms with E-state index in [1.54, 1.807) is 19.1 Å². The Hall–Kier alpha value is -0.620. The Bertz CT molecular complexity index is 645. The lowest BCUT2D eigenvalue weighted by Crippen LogP contribution is -2.06. The van der Waals surface area contributed by atoms with Crippen molar-refractivity contribution in [3.8, 4) is 0 Å². The van der Waals surface area contributed by atoms with E-state index in [0.717, 1.165) is 5.56 Å². The normalized spacial score (nSPS) is 10.6. The van der Waals surface area contributed by atoms with Gasteiger partial charge in [0.25, 0.3) is 0 Å². The fourth-order valence-electron chi connectivity index (χ4n) is 1.64. The fraction of sp³-hybridized carbons (Fsp3) is 0.231. The molecule has 3 nitrogen and oxygen atoms in total. The van der Waals surface area contributed by atoms with Crippen LogP contribution in [0.4, 0.5) is 0 Å². The molecule has 2 rings (SSSR count). The topological polar surface area (TPSA) is 39.2 Å². The lowest BCUT2D eigenvalue weighted by Gasteiger charge is -2.05. The Balaban J connectivity index is 2.31. The van der Waals surface area contributed by atoms with Crippen molar-refractivity contribution in [1.82, 2.24) is 4.98 Å². The molecule has 20 heavy (non-hydrogen) atoms. The van der Waals surface area contributed by atoms with Gasteiger partial charge < -0.3 is 4.74 Å². The fourth-order valence-corrected chi connectivity index (χ4v) is 3.52. The molecule has 1 heterocycles. The molecule has 0 aliphatic carbocycles. The van der Waals surface area contributed by atoms with Crippen molar-refractivity contribution in [1.29, 1.82) is 0 Å². The quantitative estimate of drug-likeness (QED) is 0.686. The molecule has 1 aromatic carbocycles. The van der Waals surface area contributed by atoms with Gasteiger partial charge in [0.05, 0.1) is 12.3 Å². The van der Waals surface area contributed by atoms with Crippen molar-refractivity contribution in [3.63, 3.8) is 0 Å². The monoisotopic (exact) mass is 393 g/mol. The summed E-state index contributed by atoms with van der Waals surface area (Å²) < 4.78 is 5.67. The van der Waals surface area contributed by atoms with Crippen molar-refractivity contribution < 1.29 is 9.53 Å². The number of benzene rings is 1. The molecule has 0 aliphatic rings. The molecule has 0 fully saturated rings. The molecule has 7 heteroatoms. The molecule has 0 amide bonds. The maximum absolute atomic E-state index is 11.9. The summed E-state index contributed by atoms with van der Waals surface area (Å²) >= 11 is 16.6. The Morgan fingerprint density at radius 3 is 2.85 bits per heavy atom. The molecule has 1 aromatic heterocycles. The van der Waals surface area contributed by atoms with Gasteiger partial charge in [-0.3, -0.25) is 0 Å². The van der Waals surface area contributed by atoms with E-state index >= 15 is 0 Å². The first-order valence-corrected chi connectivity index (χ1v) is 8.14. The average Bonchev–Trinajstić information content (AvgIpc) is 2.74. The minimum atomic E-state index is -0.365. The van der Waals surface area contributed by atoms with Crippen LogP contribution in [0, 0.1) is 0 Å². The number of nitrogens with zero attached hydrogens (tertiary/aromatic N) is 1. The number of carbonyl (C=O) groups is 1. The molecule has 0 aliphatic heterocycles. The second-order valence-corrected chi connectivity index (χ2v) is 6.99. The van der Waals surface area contributed by atoms with Crippen LogP contribution in [0.3, 0.4) is 0 Å². The van der Waals surface area contributed by atoms with Crippen molar-refractivity contribution in [2.75, 3.05) is 6.61 Å². The summed E-state index contributed by atoms with van der Waals surface area (Å²) in [6, 6.07) is 5.25. The molecule has 0 atom stereocenters. The standard InChI is InChI=1S/C13H10BrCl2NO2S/c1-2-19-12(18)11-10(17-13(14)20-11)5-7-3-4-8(15)6-9(7)16/h3-4,6H,2,5H2,1H3. The molecule has 0 spiro atoms. The zero-order valence-corrected chi connectivity index (χ0v) is 14.4. The lowest BCUT2D eigenvalue weighted by molar-refractivity contribution is 0.0530. The van der Waals surface area contributed by atoms with Crippen LogP contribution in [0.2, 0.25) is 10.0 Å². The van der Waals surface area contributed by atoms with Gasteiger partial charge in [0.2, 0.25) is 0 Å². The largest absolute Gasteiger partial charge is 0.462 e. The SMILES string of the molecule is CCOC(=O)c1sc(Br)nc1Cc1ccc(Cl)cc1Cl. The highest BCUT2D eigenvalue weighted by molar-refractivity contribution is 9.11. The number of rotatable bonds is 4. The van der Waals surface area contributed by atoms with Crippen molar-refractivity contribution in [2.24, 2.45) is 0 Å². The van der Waals surface area contributed by atoms with E-state index in [9.17, 15) is 4.79 Å². The number of halogens is 3. The Morgan fingerprint density at radius 1 is 1.45 bits per heavy atom. The van der Waals surface area contributed by atoms with E-state index in [-0.39, 0.29) is 5.97 Å². The highest BCUT2D eigenvalue weighted by Crippen LogP contribution is 2.29. The predicted molar refractivity (Wildman–Crippen MR) is 85.0 cm³/mol. The zero-order valence-electron chi connectivity index (χ0n) is 10.5. The van der Waals surface area contributed by atoms with Crippen LogP contribution in [0.1, 0.15) is 27.9 Å². The molecule has 0 saturated carbocycles. The van der Waals surface area contributed by atoms with Gasteiger partial charge in [-0.05, 0) is 40.5 Å². The Kier molecular flexibility index (Phi) is 5.43. The van der Waals surface area contributed by atoms with Crippen LogP contribution < -0.4 is 0 Å². The smallest absolute Gasteiger partial charge is 0.350 e. The van der Waals surface area contributed by atoms with Crippen molar-refractivity contribution in [3.05, 3.63) is 48.3 Å². The third-order valence-corrected chi connectivity index (χ3v) is 4.62. The van der Waals surface area contributed by atoms with Gasteiger partial charge in [-0.1, -0.05) is 40.6 Å². The molecule has 0 unspecified atom stereocenters. The van der Waals surface area contributed by atoms with Crippen LogP contribution in [0.25, 0.3) is 0 Å². The average molecular weight is 395 g/mol. The van der Waals surface area contributed by atoms with Gasteiger partial charge in [0.1, 0.15) is 4.88 Å². The second-order valence-electron chi connectivity index (χ2n) is 3.88. The summed E-state index contributed by atoms with van der Waals surface area (Å²) in [5.74, 6) is -0.365. The molecule has 0 radical (unpaired) electrons. The van der Waals surface area contributed by atoms with Gasteiger partial charge in [-0.15, -0.1) is 0 Å². The van der Waals surface area contributed by atoms with Crippen molar-refractivity contribution >= 4 is 56.4 Å². The molecule has 0 saturated heterocycles. The number of thiazole rings is 1. The third-order valence-electron chi connectivity index (χ3n) is 2.51. The van der Waals surface area contributed by atoms with Crippen LogP contribution in [-0.2, 0) is 11.2 Å².